The molecule has 0 aromatic heterocycles. The molecule has 2 fully saturated rings. The zero-order valence-electron chi connectivity index (χ0n) is 15.5. The maximum absolute atomic E-state index is 2.74. The summed E-state index contributed by atoms with van der Waals surface area (Å²) in [5.74, 6) is 0. The molecule has 2 aromatic carbocycles. The third-order valence-corrected chi connectivity index (χ3v) is 5.76. The van der Waals surface area contributed by atoms with Crippen molar-refractivity contribution in [2.75, 3.05) is 44.2 Å². The quantitative estimate of drug-likeness (QED) is 0.807. The van der Waals surface area contributed by atoms with Crippen LogP contribution in [0.1, 0.15) is 18.4 Å². The van der Waals surface area contributed by atoms with E-state index < -0.39 is 0 Å². The zero-order valence-corrected chi connectivity index (χ0v) is 16.3. The molecule has 0 atom stereocenters. The summed E-state index contributed by atoms with van der Waals surface area (Å²) in [6.07, 6.45) is 2.60. The van der Waals surface area contributed by atoms with Crippen molar-refractivity contribution in [2.45, 2.75) is 25.4 Å². The lowest BCUT2D eigenvalue weighted by molar-refractivity contribution is 0.0812. The van der Waals surface area contributed by atoms with Crippen LogP contribution in [0.4, 0.5) is 5.69 Å². The van der Waals surface area contributed by atoms with Gasteiger partial charge in [-0.1, -0.05) is 48.5 Å². The van der Waals surface area contributed by atoms with Crippen molar-refractivity contribution < 1.29 is 0 Å². The Bertz CT molecular complexity index is 633. The zero-order chi connectivity index (χ0) is 16.9. The highest BCUT2D eigenvalue weighted by Crippen LogP contribution is 2.23. The number of nitrogens with zero attached hydrogens (tertiary/aromatic N) is 3. The predicted molar refractivity (Wildman–Crippen MR) is 112 cm³/mol. The van der Waals surface area contributed by atoms with E-state index in [4.69, 9.17) is 0 Å². The minimum atomic E-state index is 0. The molecule has 0 amide bonds. The summed E-state index contributed by atoms with van der Waals surface area (Å²) in [4.78, 5) is 7.89. The van der Waals surface area contributed by atoms with Crippen LogP contribution >= 0.6 is 12.4 Å². The molecular formula is C22H30ClN3. The normalized spacial score (nSPS) is 19.9. The topological polar surface area (TPSA) is 9.72 Å². The lowest BCUT2D eigenvalue weighted by atomic mass is 10.0. The number of hydrogen-bond donors (Lipinski definition) is 0. The summed E-state index contributed by atoms with van der Waals surface area (Å²) in [6, 6.07) is 22.5. The van der Waals surface area contributed by atoms with Gasteiger partial charge in [0.05, 0.1) is 0 Å². The van der Waals surface area contributed by atoms with Crippen LogP contribution in [0.2, 0.25) is 0 Å². The maximum atomic E-state index is 2.74. The van der Waals surface area contributed by atoms with E-state index in [1.807, 2.05) is 0 Å². The van der Waals surface area contributed by atoms with Gasteiger partial charge in [0, 0.05) is 57.5 Å². The van der Waals surface area contributed by atoms with E-state index in [-0.39, 0.29) is 12.4 Å². The first-order chi connectivity index (χ1) is 12.4. The van der Waals surface area contributed by atoms with E-state index in [1.54, 1.807) is 0 Å². The van der Waals surface area contributed by atoms with Crippen LogP contribution in [0.5, 0.6) is 0 Å². The van der Waals surface area contributed by atoms with Crippen LogP contribution < -0.4 is 4.90 Å². The minimum Gasteiger partial charge on any atom is -0.371 e. The first-order valence-electron chi connectivity index (χ1n) is 9.69. The SMILES string of the molecule is Cl.c1ccc(CN2CCN(C3CCN(c4ccccc4)CC3)CC2)cc1. The van der Waals surface area contributed by atoms with Crippen LogP contribution in [0.15, 0.2) is 60.7 Å². The fourth-order valence-corrected chi connectivity index (χ4v) is 4.26. The molecule has 2 heterocycles. The Morgan fingerprint density at radius 2 is 1.27 bits per heavy atom. The van der Waals surface area contributed by atoms with E-state index in [0.717, 1.165) is 12.6 Å². The second-order valence-electron chi connectivity index (χ2n) is 7.35. The number of hydrogen-bond acceptors (Lipinski definition) is 3. The third kappa shape index (κ3) is 4.79. The third-order valence-electron chi connectivity index (χ3n) is 5.76. The molecule has 0 N–H and O–H groups in total. The number of halogens is 1. The van der Waals surface area contributed by atoms with Crippen LogP contribution in [0.3, 0.4) is 0 Å². The fourth-order valence-electron chi connectivity index (χ4n) is 4.26. The smallest absolute Gasteiger partial charge is 0.0366 e. The van der Waals surface area contributed by atoms with Crippen LogP contribution in [-0.2, 0) is 6.54 Å². The molecule has 0 spiro atoms. The van der Waals surface area contributed by atoms with Gasteiger partial charge in [-0.3, -0.25) is 9.80 Å². The first kappa shape index (κ1) is 19.2. The lowest BCUT2D eigenvalue weighted by Crippen LogP contribution is -2.53. The number of piperazine rings is 1. The summed E-state index contributed by atoms with van der Waals surface area (Å²) >= 11 is 0. The molecule has 4 rings (SSSR count). The van der Waals surface area contributed by atoms with Gasteiger partial charge in [0.15, 0.2) is 0 Å². The highest BCUT2D eigenvalue weighted by molar-refractivity contribution is 5.85. The molecule has 2 aliphatic rings. The van der Waals surface area contributed by atoms with Crippen LogP contribution in [-0.4, -0.2) is 55.1 Å². The highest BCUT2D eigenvalue weighted by atomic mass is 35.5. The van der Waals surface area contributed by atoms with Gasteiger partial charge < -0.3 is 4.90 Å². The van der Waals surface area contributed by atoms with Crippen LogP contribution in [0, 0.1) is 0 Å². The molecule has 4 heteroatoms. The van der Waals surface area contributed by atoms with Gasteiger partial charge >= 0.3 is 0 Å². The lowest BCUT2D eigenvalue weighted by Gasteiger charge is -2.43. The van der Waals surface area contributed by atoms with Gasteiger partial charge in [0.25, 0.3) is 0 Å². The Hall–Kier alpha value is -1.55. The van der Waals surface area contributed by atoms with Crippen molar-refractivity contribution in [3.8, 4) is 0 Å². The van der Waals surface area contributed by atoms with E-state index in [2.05, 4.69) is 75.4 Å². The maximum Gasteiger partial charge on any atom is 0.0366 e. The van der Waals surface area contributed by atoms with Crippen molar-refractivity contribution >= 4 is 18.1 Å². The molecular weight excluding hydrogens is 342 g/mol. The predicted octanol–water partition coefficient (Wildman–Crippen LogP) is 3.90. The number of rotatable bonds is 4. The Morgan fingerprint density at radius 1 is 0.692 bits per heavy atom. The minimum absolute atomic E-state index is 0. The second kappa shape index (κ2) is 9.40. The Labute approximate surface area is 164 Å². The molecule has 0 aliphatic carbocycles. The molecule has 0 bridgehead atoms. The molecule has 0 saturated carbocycles. The Kier molecular flexibility index (Phi) is 6.95. The van der Waals surface area contributed by atoms with Gasteiger partial charge in [-0.05, 0) is 30.5 Å². The number of benzene rings is 2. The summed E-state index contributed by atoms with van der Waals surface area (Å²) in [7, 11) is 0. The fraction of sp³-hybridized carbons (Fsp3) is 0.455. The van der Waals surface area contributed by atoms with Crippen LogP contribution in [0.25, 0.3) is 0 Å². The van der Waals surface area contributed by atoms with E-state index in [9.17, 15) is 0 Å². The number of anilines is 1. The van der Waals surface area contributed by atoms with Crippen molar-refractivity contribution in [2.24, 2.45) is 0 Å². The second-order valence-corrected chi connectivity index (χ2v) is 7.35. The molecule has 3 nitrogen and oxygen atoms in total. The Morgan fingerprint density at radius 3 is 1.88 bits per heavy atom. The highest BCUT2D eigenvalue weighted by Gasteiger charge is 2.27. The Balaban J connectivity index is 0.00000196. The van der Waals surface area contributed by atoms with Gasteiger partial charge in [0.1, 0.15) is 0 Å². The summed E-state index contributed by atoms with van der Waals surface area (Å²) in [6.45, 7) is 8.34. The molecule has 0 unspecified atom stereocenters. The van der Waals surface area contributed by atoms with Crippen molar-refractivity contribution in [3.63, 3.8) is 0 Å². The molecule has 2 aromatic rings. The van der Waals surface area contributed by atoms with E-state index in [1.165, 1.54) is 63.4 Å². The van der Waals surface area contributed by atoms with Gasteiger partial charge in [-0.15, -0.1) is 12.4 Å². The molecule has 2 saturated heterocycles. The number of piperidine rings is 1. The summed E-state index contributed by atoms with van der Waals surface area (Å²) < 4.78 is 0. The van der Waals surface area contributed by atoms with Crippen molar-refractivity contribution in [3.05, 3.63) is 66.2 Å². The van der Waals surface area contributed by atoms with E-state index >= 15 is 0 Å². The van der Waals surface area contributed by atoms with Gasteiger partial charge in [-0.25, -0.2) is 0 Å². The monoisotopic (exact) mass is 371 g/mol. The van der Waals surface area contributed by atoms with Crippen molar-refractivity contribution in [1.82, 2.24) is 9.80 Å². The number of para-hydroxylation sites is 1. The first-order valence-corrected chi connectivity index (χ1v) is 9.69. The molecule has 140 valence electrons. The standard InChI is InChI=1S/C22H29N3.ClH/c1-3-7-20(8-4-1)19-23-15-17-25(18-16-23)22-11-13-24(14-12-22)21-9-5-2-6-10-21;/h1-10,22H,11-19H2;1H. The molecule has 26 heavy (non-hydrogen) atoms. The van der Waals surface area contributed by atoms with E-state index in [0.29, 0.717) is 0 Å². The van der Waals surface area contributed by atoms with Gasteiger partial charge in [0.2, 0.25) is 0 Å². The van der Waals surface area contributed by atoms with Gasteiger partial charge in [-0.2, -0.15) is 0 Å². The largest absolute Gasteiger partial charge is 0.371 e. The summed E-state index contributed by atoms with van der Waals surface area (Å²) in [5, 5.41) is 0. The summed E-state index contributed by atoms with van der Waals surface area (Å²) in [5.41, 5.74) is 2.82. The van der Waals surface area contributed by atoms with Crippen molar-refractivity contribution in [1.29, 1.82) is 0 Å². The molecule has 0 radical (unpaired) electrons. The average Bonchev–Trinajstić information content (AvgIpc) is 2.70. The average molecular weight is 372 g/mol. The molecule has 2 aliphatic heterocycles.